The summed E-state index contributed by atoms with van der Waals surface area (Å²) < 4.78 is 0. The van der Waals surface area contributed by atoms with Crippen molar-refractivity contribution in [2.45, 2.75) is 25.7 Å². The average Bonchev–Trinajstić information content (AvgIpc) is 2.67. The average molecular weight is 392 g/mol. The molecule has 1 aliphatic carbocycles. The van der Waals surface area contributed by atoms with E-state index in [-0.39, 0.29) is 23.6 Å². The van der Waals surface area contributed by atoms with Gasteiger partial charge in [-0.3, -0.25) is 14.9 Å². The third kappa shape index (κ3) is 3.80. The highest BCUT2D eigenvalue weighted by molar-refractivity contribution is 6.30. The molecular formula is C22H18ClN3O2. The van der Waals surface area contributed by atoms with Gasteiger partial charge in [0.05, 0.1) is 11.3 Å². The van der Waals surface area contributed by atoms with Gasteiger partial charge >= 0.3 is 0 Å². The molecule has 1 aromatic heterocycles. The van der Waals surface area contributed by atoms with Gasteiger partial charge in [0.1, 0.15) is 0 Å². The monoisotopic (exact) mass is 391 g/mol. The van der Waals surface area contributed by atoms with Gasteiger partial charge < -0.3 is 0 Å². The highest BCUT2D eigenvalue weighted by Crippen LogP contribution is 2.33. The smallest absolute Gasteiger partial charge is 0.258 e. The van der Waals surface area contributed by atoms with Gasteiger partial charge in [0.2, 0.25) is 5.95 Å². The molecule has 0 unspecified atom stereocenters. The molecule has 4 rings (SSSR count). The maximum Gasteiger partial charge on any atom is 0.258 e. The second-order valence-electron chi connectivity index (χ2n) is 6.96. The van der Waals surface area contributed by atoms with Gasteiger partial charge in [0.15, 0.2) is 5.78 Å². The van der Waals surface area contributed by atoms with Crippen molar-refractivity contribution in [2.75, 3.05) is 5.32 Å². The molecule has 28 heavy (non-hydrogen) atoms. The summed E-state index contributed by atoms with van der Waals surface area (Å²) in [7, 11) is 0. The topological polar surface area (TPSA) is 72.0 Å². The first-order valence-corrected chi connectivity index (χ1v) is 9.40. The quantitative estimate of drug-likeness (QED) is 0.708. The Kier molecular flexibility index (Phi) is 4.92. The summed E-state index contributed by atoms with van der Waals surface area (Å²) in [5, 5.41) is 3.36. The Morgan fingerprint density at radius 3 is 2.75 bits per heavy atom. The molecule has 0 fully saturated rings. The molecule has 140 valence electrons. The van der Waals surface area contributed by atoms with Crippen molar-refractivity contribution in [1.82, 2.24) is 9.97 Å². The number of aromatic nitrogens is 2. The number of carbonyl (C=O) groups is 2. The van der Waals surface area contributed by atoms with Crippen LogP contribution in [0.5, 0.6) is 0 Å². The summed E-state index contributed by atoms with van der Waals surface area (Å²) in [5.41, 5.74) is 3.71. The fourth-order valence-electron chi connectivity index (χ4n) is 3.46. The van der Waals surface area contributed by atoms with Crippen LogP contribution in [0.2, 0.25) is 5.02 Å². The molecule has 3 aromatic rings. The number of amides is 1. The van der Waals surface area contributed by atoms with Crippen LogP contribution in [0.1, 0.15) is 49.9 Å². The summed E-state index contributed by atoms with van der Waals surface area (Å²) in [6.07, 6.45) is 2.49. The fraction of sp³-hybridized carbons (Fsp3) is 0.182. The van der Waals surface area contributed by atoms with Crippen molar-refractivity contribution in [3.05, 3.63) is 87.7 Å². The number of carbonyl (C=O) groups excluding carboxylic acids is 2. The third-order valence-electron chi connectivity index (χ3n) is 4.87. The number of rotatable bonds is 3. The first kappa shape index (κ1) is 18.3. The second kappa shape index (κ2) is 7.52. The predicted octanol–water partition coefficient (Wildman–Crippen LogP) is 4.60. The molecule has 0 aliphatic heterocycles. The number of benzene rings is 2. The van der Waals surface area contributed by atoms with Gasteiger partial charge in [-0.05, 0) is 49.1 Å². The number of halogens is 1. The normalized spacial score (nSPS) is 15.8. The van der Waals surface area contributed by atoms with Gasteiger partial charge in [0, 0.05) is 23.2 Å². The fourth-order valence-corrected chi connectivity index (χ4v) is 3.66. The van der Waals surface area contributed by atoms with E-state index < -0.39 is 0 Å². The van der Waals surface area contributed by atoms with Crippen molar-refractivity contribution in [2.24, 2.45) is 0 Å². The number of nitrogens with zero attached hydrogens (tertiary/aromatic N) is 2. The second-order valence-corrected chi connectivity index (χ2v) is 7.40. The highest BCUT2D eigenvalue weighted by atomic mass is 35.5. The Labute approximate surface area is 167 Å². The van der Waals surface area contributed by atoms with E-state index in [1.165, 1.54) is 6.20 Å². The van der Waals surface area contributed by atoms with Gasteiger partial charge in [-0.15, -0.1) is 0 Å². The maximum atomic E-state index is 12.5. The molecule has 0 radical (unpaired) electrons. The van der Waals surface area contributed by atoms with Crippen molar-refractivity contribution in [3.63, 3.8) is 0 Å². The minimum Gasteiger partial charge on any atom is -0.294 e. The molecule has 1 atom stereocenters. The van der Waals surface area contributed by atoms with Crippen LogP contribution in [-0.4, -0.2) is 21.7 Å². The van der Waals surface area contributed by atoms with Crippen molar-refractivity contribution in [3.8, 4) is 0 Å². The molecule has 0 spiro atoms. The molecule has 1 heterocycles. The highest BCUT2D eigenvalue weighted by Gasteiger charge is 2.28. The molecule has 1 aliphatic rings. The summed E-state index contributed by atoms with van der Waals surface area (Å²) in [6.45, 7) is 1.92. The Bertz CT molecular complexity index is 1080. The van der Waals surface area contributed by atoms with E-state index in [1.54, 1.807) is 12.1 Å². The van der Waals surface area contributed by atoms with E-state index in [9.17, 15) is 9.59 Å². The van der Waals surface area contributed by atoms with Crippen LogP contribution in [0.3, 0.4) is 0 Å². The van der Waals surface area contributed by atoms with E-state index in [0.717, 1.165) is 11.1 Å². The zero-order valence-corrected chi connectivity index (χ0v) is 16.0. The summed E-state index contributed by atoms with van der Waals surface area (Å²) in [4.78, 5) is 33.6. The Morgan fingerprint density at radius 2 is 1.96 bits per heavy atom. The number of fused-ring (bicyclic) bond motifs is 1. The van der Waals surface area contributed by atoms with Crippen molar-refractivity contribution >= 4 is 29.2 Å². The van der Waals surface area contributed by atoms with Crippen LogP contribution in [-0.2, 0) is 6.42 Å². The van der Waals surface area contributed by atoms with Crippen molar-refractivity contribution < 1.29 is 9.59 Å². The van der Waals surface area contributed by atoms with Crippen LogP contribution in [0.25, 0.3) is 0 Å². The Balaban J connectivity index is 1.58. The van der Waals surface area contributed by atoms with E-state index >= 15 is 0 Å². The molecule has 1 amide bonds. The van der Waals surface area contributed by atoms with E-state index in [0.29, 0.717) is 34.7 Å². The van der Waals surface area contributed by atoms with Gasteiger partial charge in [-0.2, -0.15) is 0 Å². The number of nitrogens with one attached hydrogen (secondary N) is 1. The van der Waals surface area contributed by atoms with E-state index in [2.05, 4.69) is 15.3 Å². The molecular weight excluding hydrogens is 374 g/mol. The Hall–Kier alpha value is -3.05. The number of Topliss-reactive ketones (excluding diaryl/α,β-unsaturated/α-hetero) is 1. The zero-order valence-electron chi connectivity index (χ0n) is 15.3. The van der Waals surface area contributed by atoms with Crippen LogP contribution < -0.4 is 5.32 Å². The molecule has 0 bridgehead atoms. The van der Waals surface area contributed by atoms with Crippen LogP contribution >= 0.6 is 11.6 Å². The van der Waals surface area contributed by atoms with Crippen LogP contribution in [0.15, 0.2) is 54.7 Å². The number of anilines is 1. The third-order valence-corrected chi connectivity index (χ3v) is 5.10. The first-order valence-electron chi connectivity index (χ1n) is 9.02. The lowest BCUT2D eigenvalue weighted by atomic mass is 9.82. The maximum absolute atomic E-state index is 12.5. The molecule has 1 N–H and O–H groups in total. The van der Waals surface area contributed by atoms with E-state index in [4.69, 9.17) is 11.6 Å². The number of ketones is 1. The van der Waals surface area contributed by atoms with Gasteiger partial charge in [-0.1, -0.05) is 41.4 Å². The molecule has 2 aromatic carbocycles. The zero-order chi connectivity index (χ0) is 19.7. The summed E-state index contributed by atoms with van der Waals surface area (Å²) in [6, 6.07) is 14.8. The lowest BCUT2D eigenvalue weighted by Crippen LogP contribution is -2.22. The summed E-state index contributed by atoms with van der Waals surface area (Å²) in [5.74, 6) is -0.0707. The molecule has 0 saturated carbocycles. The standard InChI is InChI=1S/C22H18ClN3O2/c1-13-4-2-6-15(8-13)21(28)26-22-24-12-18-19(25-22)10-16(11-20(18)27)14-5-3-7-17(23)9-14/h2-9,12,16H,10-11H2,1H3,(H,24,25,26,28)/t16-/m1/s1. The predicted molar refractivity (Wildman–Crippen MR) is 108 cm³/mol. The lowest BCUT2D eigenvalue weighted by Gasteiger charge is -2.23. The summed E-state index contributed by atoms with van der Waals surface area (Å²) >= 11 is 6.09. The molecule has 5 nitrogen and oxygen atoms in total. The number of aryl methyl sites for hydroxylation is 1. The first-order chi connectivity index (χ1) is 13.5. The van der Waals surface area contributed by atoms with Gasteiger partial charge in [-0.25, -0.2) is 9.97 Å². The van der Waals surface area contributed by atoms with E-state index in [1.807, 2.05) is 43.3 Å². The minimum atomic E-state index is -0.280. The minimum absolute atomic E-state index is 0.00258. The van der Waals surface area contributed by atoms with Crippen LogP contribution in [0.4, 0.5) is 5.95 Å². The molecule has 6 heteroatoms. The SMILES string of the molecule is Cc1cccc(C(=O)Nc2ncc3c(n2)C[C@@H](c2cccc(Cl)c2)CC3=O)c1. The number of hydrogen-bond acceptors (Lipinski definition) is 4. The van der Waals surface area contributed by atoms with Crippen LogP contribution in [0, 0.1) is 6.92 Å². The van der Waals surface area contributed by atoms with Gasteiger partial charge in [0.25, 0.3) is 5.91 Å². The lowest BCUT2D eigenvalue weighted by molar-refractivity contribution is 0.0962. The molecule has 0 saturated heterocycles. The largest absolute Gasteiger partial charge is 0.294 e. The number of hydrogen-bond donors (Lipinski definition) is 1. The van der Waals surface area contributed by atoms with Crippen molar-refractivity contribution in [1.29, 1.82) is 0 Å². The Morgan fingerprint density at radius 1 is 1.14 bits per heavy atom.